The van der Waals surface area contributed by atoms with Gasteiger partial charge in [0.1, 0.15) is 11.6 Å². The number of nitrogen functional groups attached to an aromatic ring is 1. The van der Waals surface area contributed by atoms with Crippen molar-refractivity contribution in [2.24, 2.45) is 0 Å². The van der Waals surface area contributed by atoms with Crippen molar-refractivity contribution in [3.05, 3.63) is 88.8 Å². The molecule has 2 aromatic heterocycles. The highest BCUT2D eigenvalue weighted by molar-refractivity contribution is 6.35. The number of amides is 2. The predicted molar refractivity (Wildman–Crippen MR) is 143 cm³/mol. The van der Waals surface area contributed by atoms with E-state index in [-0.39, 0.29) is 18.4 Å². The number of fused-ring (bicyclic) bond motifs is 1. The van der Waals surface area contributed by atoms with Gasteiger partial charge in [0.15, 0.2) is 5.58 Å². The van der Waals surface area contributed by atoms with Crippen molar-refractivity contribution in [3.63, 3.8) is 0 Å². The Morgan fingerprint density at radius 2 is 1.92 bits per heavy atom. The van der Waals surface area contributed by atoms with Crippen LogP contribution in [0, 0.1) is 0 Å². The molecule has 9 heteroatoms. The van der Waals surface area contributed by atoms with E-state index in [0.717, 1.165) is 22.1 Å². The second-order valence-electron chi connectivity index (χ2n) is 8.64. The summed E-state index contributed by atoms with van der Waals surface area (Å²) in [5.41, 5.74) is 9.24. The summed E-state index contributed by atoms with van der Waals surface area (Å²) >= 11 is 6.54. The average molecular weight is 517 g/mol. The van der Waals surface area contributed by atoms with Gasteiger partial charge in [-0.05, 0) is 65.2 Å². The molecule has 0 unspecified atom stereocenters. The Morgan fingerprint density at radius 1 is 1.08 bits per heavy atom. The Balaban J connectivity index is 1.29. The molecule has 0 aliphatic carbocycles. The molecule has 188 valence electrons. The second kappa shape index (κ2) is 10.9. The van der Waals surface area contributed by atoms with Crippen molar-refractivity contribution in [2.45, 2.75) is 6.54 Å². The fraction of sp³-hybridized carbons (Fsp3) is 0.179. The van der Waals surface area contributed by atoms with Crippen LogP contribution in [0.15, 0.2) is 71.3 Å². The first-order chi connectivity index (χ1) is 18.0. The molecule has 8 nitrogen and oxygen atoms in total. The first-order valence-electron chi connectivity index (χ1n) is 11.8. The molecular weight excluding hydrogens is 492 g/mol. The molecule has 1 fully saturated rings. The molecule has 0 atom stereocenters. The largest absolute Gasteiger partial charge is 0.458 e. The van der Waals surface area contributed by atoms with Crippen LogP contribution in [0.2, 0.25) is 5.02 Å². The molecule has 0 spiro atoms. The molecule has 3 heterocycles. The van der Waals surface area contributed by atoms with Gasteiger partial charge in [-0.25, -0.2) is 4.98 Å². The molecule has 3 N–H and O–H groups in total. The van der Waals surface area contributed by atoms with Crippen LogP contribution in [0.1, 0.15) is 21.7 Å². The Hall–Kier alpha value is -4.14. The van der Waals surface area contributed by atoms with E-state index in [2.05, 4.69) is 10.3 Å². The second-order valence-corrected chi connectivity index (χ2v) is 9.05. The van der Waals surface area contributed by atoms with Crippen molar-refractivity contribution < 1.29 is 18.7 Å². The number of furan rings is 1. The van der Waals surface area contributed by atoms with Crippen LogP contribution < -0.4 is 11.1 Å². The zero-order valence-corrected chi connectivity index (χ0v) is 20.7. The van der Waals surface area contributed by atoms with Gasteiger partial charge >= 0.3 is 0 Å². The lowest BCUT2D eigenvalue weighted by Crippen LogP contribution is -2.40. The summed E-state index contributed by atoms with van der Waals surface area (Å²) in [5, 5.41) is 4.06. The number of hydrogen-bond acceptors (Lipinski definition) is 6. The number of morpholine rings is 1. The number of nitrogens with two attached hydrogens (primary N) is 1. The number of hydrogen-bond donors (Lipinski definition) is 2. The van der Waals surface area contributed by atoms with Gasteiger partial charge in [0.2, 0.25) is 5.91 Å². The van der Waals surface area contributed by atoms with Gasteiger partial charge in [-0.1, -0.05) is 23.7 Å². The molecule has 2 amide bonds. The molecule has 2 aromatic carbocycles. The first kappa shape index (κ1) is 24.5. The van der Waals surface area contributed by atoms with Gasteiger partial charge in [-0.2, -0.15) is 0 Å². The normalized spacial score (nSPS) is 13.8. The molecule has 0 saturated carbocycles. The van der Waals surface area contributed by atoms with Crippen LogP contribution in [0.3, 0.4) is 0 Å². The van der Waals surface area contributed by atoms with E-state index in [1.165, 1.54) is 6.08 Å². The van der Waals surface area contributed by atoms with E-state index in [1.54, 1.807) is 29.3 Å². The fourth-order valence-electron chi connectivity index (χ4n) is 4.12. The number of anilines is 1. The number of rotatable bonds is 6. The number of benzene rings is 2. The Bertz CT molecular complexity index is 1470. The van der Waals surface area contributed by atoms with Crippen LogP contribution in [0.5, 0.6) is 0 Å². The van der Waals surface area contributed by atoms with Crippen LogP contribution in [0.25, 0.3) is 28.2 Å². The lowest BCUT2D eigenvalue weighted by atomic mass is 10.0. The molecule has 1 aliphatic heterocycles. The monoisotopic (exact) mass is 516 g/mol. The highest BCUT2D eigenvalue weighted by Gasteiger charge is 2.19. The summed E-state index contributed by atoms with van der Waals surface area (Å²) in [6, 6.07) is 16.6. The van der Waals surface area contributed by atoms with Crippen molar-refractivity contribution in [1.82, 2.24) is 15.2 Å². The Morgan fingerprint density at radius 3 is 2.70 bits per heavy atom. The molecule has 0 bridgehead atoms. The third-order valence-electron chi connectivity index (χ3n) is 6.04. The maximum absolute atomic E-state index is 12.9. The quantitative estimate of drug-likeness (QED) is 0.364. The van der Waals surface area contributed by atoms with Crippen LogP contribution in [0.4, 0.5) is 5.82 Å². The van der Waals surface area contributed by atoms with E-state index in [1.807, 2.05) is 42.5 Å². The van der Waals surface area contributed by atoms with Crippen molar-refractivity contribution in [2.75, 3.05) is 32.0 Å². The van der Waals surface area contributed by atoms with E-state index in [9.17, 15) is 9.59 Å². The number of carbonyl (C=O) groups is 2. The molecule has 37 heavy (non-hydrogen) atoms. The zero-order valence-electron chi connectivity index (χ0n) is 19.9. The Kier molecular flexibility index (Phi) is 7.20. The fourth-order valence-corrected chi connectivity index (χ4v) is 4.38. The standard InChI is InChI=1S/C28H25ClN4O4/c29-24-15-21(19-2-1-3-20(12-19)28(35)33-8-10-36-11-9-33)13-22-14-23(37-27(22)24)17-32-26(34)7-5-18-4-6-25(30)31-16-18/h1-7,12-16H,8-11,17H2,(H2,30,31)(H,32,34)/b7-5+. The summed E-state index contributed by atoms with van der Waals surface area (Å²) in [4.78, 5) is 30.9. The van der Waals surface area contributed by atoms with E-state index < -0.39 is 0 Å². The topological polar surface area (TPSA) is 111 Å². The SMILES string of the molecule is Nc1ccc(/C=C/C(=O)NCc2cc3cc(-c4cccc(C(=O)N5CCOCC5)c4)cc(Cl)c3o2)cn1. The highest BCUT2D eigenvalue weighted by Crippen LogP contribution is 2.33. The summed E-state index contributed by atoms with van der Waals surface area (Å²) in [6.45, 7) is 2.48. The molecule has 1 aliphatic rings. The zero-order chi connectivity index (χ0) is 25.8. The van der Waals surface area contributed by atoms with Crippen molar-refractivity contribution >= 4 is 46.3 Å². The number of nitrogens with one attached hydrogen (secondary N) is 1. The number of aromatic nitrogens is 1. The highest BCUT2D eigenvalue weighted by atomic mass is 35.5. The van der Waals surface area contributed by atoms with Gasteiger partial charge in [0.25, 0.3) is 5.91 Å². The van der Waals surface area contributed by atoms with Gasteiger partial charge in [0.05, 0.1) is 24.8 Å². The number of carbonyl (C=O) groups excluding carboxylic acids is 2. The van der Waals surface area contributed by atoms with Gasteiger partial charge in [-0.15, -0.1) is 0 Å². The van der Waals surface area contributed by atoms with Crippen LogP contribution in [-0.4, -0.2) is 48.0 Å². The maximum Gasteiger partial charge on any atom is 0.254 e. The van der Waals surface area contributed by atoms with Crippen LogP contribution >= 0.6 is 11.6 Å². The number of ether oxygens (including phenoxy) is 1. The Labute approximate surface area is 218 Å². The number of nitrogens with zero attached hydrogens (tertiary/aromatic N) is 2. The van der Waals surface area contributed by atoms with Crippen molar-refractivity contribution in [3.8, 4) is 11.1 Å². The minimum atomic E-state index is -0.272. The summed E-state index contributed by atoms with van der Waals surface area (Å²) in [5.74, 6) is 0.704. The minimum absolute atomic E-state index is 0.0135. The maximum atomic E-state index is 12.9. The number of halogens is 1. The van der Waals surface area contributed by atoms with E-state index in [4.69, 9.17) is 26.5 Å². The van der Waals surface area contributed by atoms with Gasteiger partial charge in [-0.3, -0.25) is 9.59 Å². The van der Waals surface area contributed by atoms with Crippen molar-refractivity contribution in [1.29, 1.82) is 0 Å². The van der Waals surface area contributed by atoms with Gasteiger partial charge in [0, 0.05) is 36.3 Å². The molecule has 5 rings (SSSR count). The number of pyridine rings is 1. The third-order valence-corrected chi connectivity index (χ3v) is 6.32. The molecule has 1 saturated heterocycles. The molecular formula is C28H25ClN4O4. The van der Waals surface area contributed by atoms with E-state index >= 15 is 0 Å². The smallest absolute Gasteiger partial charge is 0.254 e. The first-order valence-corrected chi connectivity index (χ1v) is 12.2. The molecule has 0 radical (unpaired) electrons. The molecule has 4 aromatic rings. The van der Waals surface area contributed by atoms with E-state index in [0.29, 0.717) is 54.1 Å². The van der Waals surface area contributed by atoms with Gasteiger partial charge < -0.3 is 25.1 Å². The lowest BCUT2D eigenvalue weighted by Gasteiger charge is -2.27. The summed E-state index contributed by atoms with van der Waals surface area (Å²) in [6.07, 6.45) is 4.67. The predicted octanol–water partition coefficient (Wildman–Crippen LogP) is 4.53. The summed E-state index contributed by atoms with van der Waals surface area (Å²) < 4.78 is 11.2. The third kappa shape index (κ3) is 5.82. The average Bonchev–Trinajstić information content (AvgIpc) is 3.35. The lowest BCUT2D eigenvalue weighted by molar-refractivity contribution is -0.116. The van der Waals surface area contributed by atoms with Crippen LogP contribution in [-0.2, 0) is 16.1 Å². The minimum Gasteiger partial charge on any atom is -0.458 e. The summed E-state index contributed by atoms with van der Waals surface area (Å²) in [7, 11) is 0.